The van der Waals surface area contributed by atoms with Gasteiger partial charge in [-0.3, -0.25) is 5.32 Å². The van der Waals surface area contributed by atoms with Crippen LogP contribution >= 0.6 is 0 Å². The van der Waals surface area contributed by atoms with Gasteiger partial charge in [-0.15, -0.1) is 0 Å². The third-order valence-corrected chi connectivity index (χ3v) is 5.23. The van der Waals surface area contributed by atoms with Crippen LogP contribution in [-0.2, 0) is 14.6 Å². The van der Waals surface area contributed by atoms with E-state index >= 15 is 0 Å². The molecule has 5 heteroatoms. The molecule has 2 fully saturated rings. The Morgan fingerprint density at radius 3 is 2.73 bits per heavy atom. The second-order valence-electron chi connectivity index (χ2n) is 4.92. The van der Waals surface area contributed by atoms with Gasteiger partial charge in [0.2, 0.25) is 0 Å². The molecule has 0 radical (unpaired) electrons. The second kappa shape index (κ2) is 3.71. The van der Waals surface area contributed by atoms with Crippen molar-refractivity contribution >= 4 is 9.84 Å². The van der Waals surface area contributed by atoms with Crippen molar-refractivity contribution in [1.82, 2.24) is 5.32 Å². The average molecular weight is 233 g/mol. The predicted octanol–water partition coefficient (Wildman–Crippen LogP) is 0.536. The third kappa shape index (κ3) is 2.34. The van der Waals surface area contributed by atoms with E-state index in [0.717, 1.165) is 12.8 Å². The summed E-state index contributed by atoms with van der Waals surface area (Å²) in [5, 5.41) is 3.35. The second-order valence-corrected chi connectivity index (χ2v) is 7.15. The lowest BCUT2D eigenvalue weighted by Gasteiger charge is -2.36. The van der Waals surface area contributed by atoms with Crippen LogP contribution in [0.4, 0.5) is 0 Å². The van der Waals surface area contributed by atoms with Crippen molar-refractivity contribution in [3.63, 3.8) is 0 Å². The van der Waals surface area contributed by atoms with Crippen LogP contribution in [0, 0.1) is 5.92 Å². The molecule has 3 atom stereocenters. The van der Waals surface area contributed by atoms with Crippen molar-refractivity contribution in [2.45, 2.75) is 38.5 Å². The molecular weight excluding hydrogens is 214 g/mol. The first-order chi connectivity index (χ1) is 6.91. The normalized spacial score (nSPS) is 45.5. The molecule has 0 aromatic carbocycles. The van der Waals surface area contributed by atoms with Gasteiger partial charge in [0, 0.05) is 12.0 Å². The van der Waals surface area contributed by atoms with Crippen molar-refractivity contribution in [2.75, 3.05) is 18.1 Å². The van der Waals surface area contributed by atoms with Crippen molar-refractivity contribution < 1.29 is 13.2 Å². The molecule has 2 aliphatic rings. The van der Waals surface area contributed by atoms with E-state index in [2.05, 4.69) is 12.2 Å². The number of rotatable bonds is 1. The van der Waals surface area contributed by atoms with E-state index in [4.69, 9.17) is 4.74 Å². The van der Waals surface area contributed by atoms with E-state index in [1.54, 1.807) is 0 Å². The van der Waals surface area contributed by atoms with Gasteiger partial charge in [0.1, 0.15) is 5.72 Å². The Morgan fingerprint density at radius 2 is 2.20 bits per heavy atom. The molecule has 0 saturated carbocycles. The van der Waals surface area contributed by atoms with Crippen LogP contribution in [0.3, 0.4) is 0 Å². The van der Waals surface area contributed by atoms with Gasteiger partial charge in [0.05, 0.1) is 18.1 Å². The Balaban J connectivity index is 2.10. The summed E-state index contributed by atoms with van der Waals surface area (Å²) in [5.74, 6) is 0.708. The van der Waals surface area contributed by atoms with E-state index in [0.29, 0.717) is 18.4 Å². The zero-order valence-electron chi connectivity index (χ0n) is 9.32. The summed E-state index contributed by atoms with van der Waals surface area (Å²) >= 11 is 0. The molecule has 0 spiro atoms. The largest absolute Gasteiger partial charge is 0.359 e. The van der Waals surface area contributed by atoms with Crippen LogP contribution in [0.2, 0.25) is 0 Å². The molecule has 88 valence electrons. The minimum absolute atomic E-state index is 0.0983. The zero-order chi connectivity index (χ0) is 11.1. The van der Waals surface area contributed by atoms with E-state index in [1.807, 2.05) is 6.92 Å². The molecule has 0 aliphatic carbocycles. The van der Waals surface area contributed by atoms with E-state index in [1.165, 1.54) is 0 Å². The van der Waals surface area contributed by atoms with Crippen LogP contribution in [-0.4, -0.2) is 38.3 Å². The molecule has 2 saturated heterocycles. The van der Waals surface area contributed by atoms with Crippen LogP contribution in [0.25, 0.3) is 0 Å². The minimum atomic E-state index is -2.84. The van der Waals surface area contributed by atoms with Gasteiger partial charge in [0.25, 0.3) is 0 Å². The molecule has 15 heavy (non-hydrogen) atoms. The van der Waals surface area contributed by atoms with Crippen LogP contribution in [0.1, 0.15) is 26.7 Å². The molecule has 0 aromatic heterocycles. The molecule has 4 nitrogen and oxygen atoms in total. The highest BCUT2D eigenvalue weighted by Crippen LogP contribution is 2.32. The van der Waals surface area contributed by atoms with Gasteiger partial charge >= 0.3 is 0 Å². The lowest BCUT2D eigenvalue weighted by atomic mass is 9.94. The van der Waals surface area contributed by atoms with Gasteiger partial charge in [-0.05, 0) is 26.7 Å². The highest BCUT2D eigenvalue weighted by atomic mass is 32.2. The SMILES string of the molecule is CC1COC(C)(C2CCCS(=O)(=O)C2)N1. The summed E-state index contributed by atoms with van der Waals surface area (Å²) < 4.78 is 28.8. The highest BCUT2D eigenvalue weighted by molar-refractivity contribution is 7.91. The lowest BCUT2D eigenvalue weighted by Crippen LogP contribution is -2.51. The van der Waals surface area contributed by atoms with E-state index < -0.39 is 15.6 Å². The first-order valence-electron chi connectivity index (χ1n) is 5.53. The smallest absolute Gasteiger partial charge is 0.150 e. The predicted molar refractivity (Wildman–Crippen MR) is 58.3 cm³/mol. The molecule has 2 heterocycles. The maximum absolute atomic E-state index is 11.6. The molecular formula is C10H19NO3S. The summed E-state index contributed by atoms with van der Waals surface area (Å²) in [5.41, 5.74) is -0.438. The maximum atomic E-state index is 11.6. The van der Waals surface area contributed by atoms with Crippen molar-refractivity contribution in [1.29, 1.82) is 0 Å². The quantitative estimate of drug-likeness (QED) is 0.718. The topological polar surface area (TPSA) is 55.4 Å². The van der Waals surface area contributed by atoms with Crippen LogP contribution < -0.4 is 5.32 Å². The van der Waals surface area contributed by atoms with Gasteiger partial charge < -0.3 is 4.74 Å². The summed E-state index contributed by atoms with van der Waals surface area (Å²) in [7, 11) is -2.84. The monoisotopic (exact) mass is 233 g/mol. The third-order valence-electron chi connectivity index (χ3n) is 3.41. The van der Waals surface area contributed by atoms with Crippen molar-refractivity contribution in [2.24, 2.45) is 5.92 Å². The average Bonchev–Trinajstić information content (AvgIpc) is 2.46. The Kier molecular flexibility index (Phi) is 2.81. The van der Waals surface area contributed by atoms with E-state index in [-0.39, 0.29) is 11.7 Å². The van der Waals surface area contributed by atoms with Crippen LogP contribution in [0.5, 0.6) is 0 Å². The molecule has 1 N–H and O–H groups in total. The van der Waals surface area contributed by atoms with Gasteiger partial charge in [-0.25, -0.2) is 8.42 Å². The van der Waals surface area contributed by atoms with Crippen molar-refractivity contribution in [3.8, 4) is 0 Å². The summed E-state index contributed by atoms with van der Waals surface area (Å²) in [6, 6.07) is 0.319. The summed E-state index contributed by atoms with van der Waals surface area (Å²) in [6.45, 7) is 4.71. The molecule has 3 unspecified atom stereocenters. The standard InChI is InChI=1S/C10H19NO3S/c1-8-6-14-10(2,11-8)9-4-3-5-15(12,13)7-9/h8-9,11H,3-7H2,1-2H3. The van der Waals surface area contributed by atoms with Gasteiger partial charge in [0.15, 0.2) is 9.84 Å². The molecule has 2 rings (SSSR count). The molecule has 0 aromatic rings. The number of hydrogen-bond acceptors (Lipinski definition) is 4. The lowest BCUT2D eigenvalue weighted by molar-refractivity contribution is -0.0397. The Morgan fingerprint density at radius 1 is 1.47 bits per heavy atom. The number of nitrogens with one attached hydrogen (secondary N) is 1. The number of hydrogen-bond donors (Lipinski definition) is 1. The highest BCUT2D eigenvalue weighted by Gasteiger charge is 2.43. The Labute approximate surface area is 91.3 Å². The fourth-order valence-electron chi connectivity index (χ4n) is 2.56. The zero-order valence-corrected chi connectivity index (χ0v) is 10.1. The summed E-state index contributed by atoms with van der Waals surface area (Å²) in [4.78, 5) is 0. The molecule has 0 bridgehead atoms. The van der Waals surface area contributed by atoms with E-state index in [9.17, 15) is 8.42 Å². The Bertz CT molecular complexity index is 341. The first-order valence-corrected chi connectivity index (χ1v) is 7.35. The minimum Gasteiger partial charge on any atom is -0.359 e. The van der Waals surface area contributed by atoms with Crippen LogP contribution in [0.15, 0.2) is 0 Å². The van der Waals surface area contributed by atoms with Gasteiger partial charge in [-0.1, -0.05) is 0 Å². The molecule has 0 amide bonds. The number of sulfone groups is 1. The maximum Gasteiger partial charge on any atom is 0.150 e. The Hall–Kier alpha value is -0.130. The first kappa shape index (κ1) is 11.4. The van der Waals surface area contributed by atoms with Gasteiger partial charge in [-0.2, -0.15) is 0 Å². The fourth-order valence-corrected chi connectivity index (χ4v) is 4.43. The fraction of sp³-hybridized carbons (Fsp3) is 1.00. The molecule has 2 aliphatic heterocycles. The number of ether oxygens (including phenoxy) is 1. The van der Waals surface area contributed by atoms with Crippen molar-refractivity contribution in [3.05, 3.63) is 0 Å². The summed E-state index contributed by atoms with van der Waals surface area (Å²) in [6.07, 6.45) is 1.71.